The number of halogens is 2. The number of benzene rings is 1. The molecule has 1 aromatic carbocycles. The number of aldehydes is 1. The van der Waals surface area contributed by atoms with Gasteiger partial charge in [0.1, 0.15) is 5.82 Å². The van der Waals surface area contributed by atoms with E-state index >= 15 is 0 Å². The molecule has 0 saturated carbocycles. The van der Waals surface area contributed by atoms with Crippen molar-refractivity contribution in [3.05, 3.63) is 34.5 Å². The summed E-state index contributed by atoms with van der Waals surface area (Å²) in [5, 5.41) is 2.99. The molecule has 0 atom stereocenters. The fourth-order valence-electron chi connectivity index (χ4n) is 1.39. The molecule has 1 heterocycles. The first-order chi connectivity index (χ1) is 6.77. The lowest BCUT2D eigenvalue weighted by Gasteiger charge is -2.02. The van der Waals surface area contributed by atoms with Crippen molar-refractivity contribution in [2.24, 2.45) is 0 Å². The molecule has 0 aliphatic rings. The average Bonchev–Trinajstić information content (AvgIpc) is 2.68. The van der Waals surface area contributed by atoms with Gasteiger partial charge in [-0.3, -0.25) is 4.79 Å². The molecule has 72 valence electrons. The first-order valence-corrected chi connectivity index (χ1v) is 5.97. The Morgan fingerprint density at radius 3 is 3.00 bits per heavy atom. The molecule has 0 unspecified atom stereocenters. The summed E-state index contributed by atoms with van der Waals surface area (Å²) in [6.07, 6.45) is 0.554. The second-order valence-corrected chi connectivity index (χ2v) is 4.33. The van der Waals surface area contributed by atoms with Gasteiger partial charge in [0, 0.05) is 15.4 Å². The summed E-state index contributed by atoms with van der Waals surface area (Å²) in [5.74, 6) is -0.416. The van der Waals surface area contributed by atoms with Gasteiger partial charge in [0.2, 0.25) is 0 Å². The fraction of sp³-hybridized carbons (Fsp3) is 0.100. The van der Waals surface area contributed by atoms with Crippen LogP contribution >= 0.6 is 27.3 Å². The maximum atomic E-state index is 13.6. The Balaban J connectivity index is 2.86. The largest absolute Gasteiger partial charge is 0.298 e. The first kappa shape index (κ1) is 9.80. The van der Waals surface area contributed by atoms with E-state index in [1.54, 1.807) is 12.1 Å². The number of hydrogen-bond acceptors (Lipinski definition) is 2. The number of alkyl halides is 1. The Bertz CT molecular complexity index is 492. The summed E-state index contributed by atoms with van der Waals surface area (Å²) in [5.41, 5.74) is 1.09. The van der Waals surface area contributed by atoms with Crippen molar-refractivity contribution in [3.8, 4) is 0 Å². The van der Waals surface area contributed by atoms with E-state index in [4.69, 9.17) is 0 Å². The highest BCUT2D eigenvalue weighted by Gasteiger charge is 2.11. The summed E-state index contributed by atoms with van der Waals surface area (Å²) < 4.78 is 14.5. The monoisotopic (exact) mass is 272 g/mol. The maximum absolute atomic E-state index is 13.6. The van der Waals surface area contributed by atoms with Crippen LogP contribution in [-0.4, -0.2) is 6.29 Å². The second kappa shape index (κ2) is 3.79. The van der Waals surface area contributed by atoms with Gasteiger partial charge in [-0.15, -0.1) is 11.3 Å². The third kappa shape index (κ3) is 1.38. The van der Waals surface area contributed by atoms with Crippen LogP contribution < -0.4 is 0 Å². The minimum Gasteiger partial charge on any atom is -0.298 e. The van der Waals surface area contributed by atoms with Crippen molar-refractivity contribution < 1.29 is 9.18 Å². The predicted molar refractivity (Wildman–Crippen MR) is 59.8 cm³/mol. The van der Waals surface area contributed by atoms with Crippen molar-refractivity contribution in [2.45, 2.75) is 5.33 Å². The number of carbonyl (C=O) groups excluding carboxylic acids is 1. The van der Waals surface area contributed by atoms with Gasteiger partial charge < -0.3 is 0 Å². The molecule has 2 rings (SSSR count). The van der Waals surface area contributed by atoms with Crippen LogP contribution in [-0.2, 0) is 5.33 Å². The molecule has 0 N–H and O–H groups in total. The molecular formula is C10H6BrFOS. The van der Waals surface area contributed by atoms with Crippen LogP contribution in [0.1, 0.15) is 15.9 Å². The minimum absolute atomic E-state index is 0.130. The molecule has 0 aliphatic carbocycles. The molecule has 0 aliphatic heterocycles. The summed E-state index contributed by atoms with van der Waals surface area (Å²) in [4.78, 5) is 10.6. The molecule has 1 nitrogen and oxygen atoms in total. The van der Waals surface area contributed by atoms with E-state index in [0.29, 0.717) is 17.0 Å². The third-order valence-electron chi connectivity index (χ3n) is 2.05. The van der Waals surface area contributed by atoms with Crippen LogP contribution in [0.4, 0.5) is 4.39 Å². The summed E-state index contributed by atoms with van der Waals surface area (Å²) in [6.45, 7) is 0. The van der Waals surface area contributed by atoms with E-state index in [1.807, 2.05) is 5.38 Å². The molecule has 0 bridgehead atoms. The van der Waals surface area contributed by atoms with Gasteiger partial charge in [0.25, 0.3) is 0 Å². The Hall–Kier alpha value is -0.740. The van der Waals surface area contributed by atoms with Gasteiger partial charge >= 0.3 is 0 Å². The molecule has 14 heavy (non-hydrogen) atoms. The summed E-state index contributed by atoms with van der Waals surface area (Å²) in [7, 11) is 0. The molecule has 0 saturated heterocycles. The van der Waals surface area contributed by atoms with Crippen molar-refractivity contribution in [3.63, 3.8) is 0 Å². The van der Waals surface area contributed by atoms with Gasteiger partial charge in [-0.2, -0.15) is 0 Å². The van der Waals surface area contributed by atoms with Gasteiger partial charge in [-0.05, 0) is 23.1 Å². The van der Waals surface area contributed by atoms with E-state index in [2.05, 4.69) is 15.9 Å². The molecule has 0 spiro atoms. The number of thiophene rings is 1. The van der Waals surface area contributed by atoms with Gasteiger partial charge in [-0.25, -0.2) is 4.39 Å². The zero-order valence-electron chi connectivity index (χ0n) is 7.09. The van der Waals surface area contributed by atoms with Crippen LogP contribution in [0, 0.1) is 5.82 Å². The minimum atomic E-state index is -0.416. The Labute approximate surface area is 92.7 Å². The van der Waals surface area contributed by atoms with E-state index in [1.165, 1.54) is 11.3 Å². The average molecular weight is 273 g/mol. The maximum Gasteiger partial charge on any atom is 0.153 e. The highest BCUT2D eigenvalue weighted by atomic mass is 79.9. The molecule has 0 amide bonds. The van der Waals surface area contributed by atoms with Crippen LogP contribution in [0.2, 0.25) is 0 Å². The number of fused-ring (bicyclic) bond motifs is 1. The van der Waals surface area contributed by atoms with Crippen molar-refractivity contribution in [2.75, 3.05) is 0 Å². The van der Waals surface area contributed by atoms with Crippen LogP contribution in [0.15, 0.2) is 17.5 Å². The highest BCUT2D eigenvalue weighted by molar-refractivity contribution is 9.08. The van der Waals surface area contributed by atoms with Crippen molar-refractivity contribution in [1.82, 2.24) is 0 Å². The summed E-state index contributed by atoms with van der Waals surface area (Å²) >= 11 is 4.81. The fourth-order valence-corrected chi connectivity index (χ4v) is 2.92. The van der Waals surface area contributed by atoms with Crippen molar-refractivity contribution >= 4 is 43.6 Å². The van der Waals surface area contributed by atoms with Crippen LogP contribution in [0.5, 0.6) is 0 Å². The number of hydrogen-bond donors (Lipinski definition) is 0. The SMILES string of the molecule is O=Cc1cc(CBr)c2sccc2c1F. The Morgan fingerprint density at radius 2 is 2.36 bits per heavy atom. The molecule has 4 heteroatoms. The number of carbonyl (C=O) groups is 1. The zero-order chi connectivity index (χ0) is 10.1. The molecule has 0 radical (unpaired) electrons. The van der Waals surface area contributed by atoms with Crippen molar-refractivity contribution in [1.29, 1.82) is 0 Å². The lowest BCUT2D eigenvalue weighted by atomic mass is 10.1. The smallest absolute Gasteiger partial charge is 0.153 e. The normalized spacial score (nSPS) is 10.7. The van der Waals surface area contributed by atoms with Gasteiger partial charge in [0.05, 0.1) is 5.56 Å². The molecule has 1 aromatic heterocycles. The second-order valence-electron chi connectivity index (χ2n) is 2.85. The van der Waals surface area contributed by atoms with Crippen LogP contribution in [0.25, 0.3) is 10.1 Å². The predicted octanol–water partition coefficient (Wildman–Crippen LogP) is 3.75. The van der Waals surface area contributed by atoms with E-state index in [0.717, 1.165) is 10.3 Å². The lowest BCUT2D eigenvalue weighted by molar-refractivity contribution is 0.112. The Kier molecular flexibility index (Phi) is 2.65. The highest BCUT2D eigenvalue weighted by Crippen LogP contribution is 2.30. The molecular weight excluding hydrogens is 267 g/mol. The quantitative estimate of drug-likeness (QED) is 0.601. The standard InChI is InChI=1S/C10H6BrFOS/c11-4-6-3-7(5-13)9(12)8-1-2-14-10(6)8/h1-3,5H,4H2. The zero-order valence-corrected chi connectivity index (χ0v) is 9.49. The lowest BCUT2D eigenvalue weighted by Crippen LogP contribution is -1.91. The van der Waals surface area contributed by atoms with E-state index in [-0.39, 0.29) is 5.56 Å². The van der Waals surface area contributed by atoms with E-state index < -0.39 is 5.82 Å². The topological polar surface area (TPSA) is 17.1 Å². The van der Waals surface area contributed by atoms with Gasteiger partial charge in [-0.1, -0.05) is 15.9 Å². The van der Waals surface area contributed by atoms with Gasteiger partial charge in [0.15, 0.2) is 6.29 Å². The molecule has 2 aromatic rings. The Morgan fingerprint density at radius 1 is 1.57 bits per heavy atom. The van der Waals surface area contributed by atoms with Crippen LogP contribution in [0.3, 0.4) is 0 Å². The first-order valence-electron chi connectivity index (χ1n) is 3.97. The molecule has 0 fully saturated rings. The number of rotatable bonds is 2. The third-order valence-corrected chi connectivity index (χ3v) is 3.64. The van der Waals surface area contributed by atoms with E-state index in [9.17, 15) is 9.18 Å². The summed E-state index contributed by atoms with van der Waals surface area (Å²) in [6, 6.07) is 3.30.